The molecule has 1 saturated heterocycles. The van der Waals surface area contributed by atoms with E-state index in [2.05, 4.69) is 5.32 Å². The topological polar surface area (TPSA) is 45.5 Å². The van der Waals surface area contributed by atoms with Crippen molar-refractivity contribution in [2.24, 2.45) is 0 Å². The van der Waals surface area contributed by atoms with E-state index in [1.54, 1.807) is 0 Å². The Labute approximate surface area is 115 Å². The molecule has 2 heterocycles. The maximum absolute atomic E-state index is 12.7. The number of carbonyl (C=O) groups is 1. The van der Waals surface area contributed by atoms with Gasteiger partial charge in [0.2, 0.25) is 0 Å². The third-order valence-electron chi connectivity index (χ3n) is 3.89. The molecule has 1 unspecified atom stereocenters. The van der Waals surface area contributed by atoms with E-state index in [9.17, 15) is 4.79 Å². The van der Waals surface area contributed by atoms with Crippen LogP contribution in [0, 0.1) is 13.8 Å². The molecular weight excluding hydrogens is 240 g/mol. The Hall–Kier alpha value is -1.29. The van der Waals surface area contributed by atoms with Crippen molar-refractivity contribution in [1.82, 2.24) is 10.2 Å². The van der Waals surface area contributed by atoms with Gasteiger partial charge >= 0.3 is 0 Å². The van der Waals surface area contributed by atoms with Crippen molar-refractivity contribution in [1.29, 1.82) is 0 Å². The van der Waals surface area contributed by atoms with Gasteiger partial charge in [0.1, 0.15) is 11.5 Å². The first-order valence-corrected chi connectivity index (χ1v) is 7.16. The minimum absolute atomic E-state index is 0.134. The molecule has 1 fully saturated rings. The molecule has 0 saturated carbocycles. The molecule has 1 amide bonds. The lowest BCUT2D eigenvalue weighted by Gasteiger charge is -2.35. The molecule has 1 aliphatic rings. The molecule has 0 spiro atoms. The first-order valence-electron chi connectivity index (χ1n) is 7.16. The van der Waals surface area contributed by atoms with Crippen molar-refractivity contribution < 1.29 is 9.21 Å². The van der Waals surface area contributed by atoms with Gasteiger partial charge in [0.15, 0.2) is 0 Å². The number of hydrogen-bond donors (Lipinski definition) is 1. The van der Waals surface area contributed by atoms with E-state index in [0.717, 1.165) is 49.4 Å². The quantitative estimate of drug-likeness (QED) is 0.909. The number of amides is 1. The van der Waals surface area contributed by atoms with E-state index in [4.69, 9.17) is 4.42 Å². The summed E-state index contributed by atoms with van der Waals surface area (Å²) in [4.78, 5) is 14.7. The summed E-state index contributed by atoms with van der Waals surface area (Å²) in [5.41, 5.74) is 0.730. The van der Waals surface area contributed by atoms with Crippen molar-refractivity contribution in [3.05, 3.63) is 23.2 Å². The number of hydrogen-bond acceptors (Lipinski definition) is 3. The molecule has 1 aromatic rings. The molecule has 1 aliphatic heterocycles. The maximum atomic E-state index is 12.7. The average molecular weight is 264 g/mol. The smallest absolute Gasteiger partial charge is 0.257 e. The van der Waals surface area contributed by atoms with Crippen LogP contribution in [-0.2, 0) is 0 Å². The molecule has 0 aliphatic carbocycles. The normalized spacial score (nSPS) is 19.7. The van der Waals surface area contributed by atoms with Crippen LogP contribution in [0.15, 0.2) is 10.5 Å². The monoisotopic (exact) mass is 264 g/mol. The Morgan fingerprint density at radius 1 is 1.47 bits per heavy atom. The lowest BCUT2D eigenvalue weighted by atomic mass is 9.98. The van der Waals surface area contributed by atoms with Gasteiger partial charge in [-0.1, -0.05) is 0 Å². The SMILES string of the molecule is CNCCC1CCCCN1C(=O)c1cc(C)oc1C. The second-order valence-electron chi connectivity index (χ2n) is 5.37. The summed E-state index contributed by atoms with van der Waals surface area (Å²) in [5.74, 6) is 1.68. The van der Waals surface area contributed by atoms with Crippen LogP contribution >= 0.6 is 0 Å². The number of nitrogens with one attached hydrogen (secondary N) is 1. The van der Waals surface area contributed by atoms with Crippen molar-refractivity contribution in [3.8, 4) is 0 Å². The molecule has 4 heteroatoms. The molecule has 19 heavy (non-hydrogen) atoms. The Kier molecular flexibility index (Phi) is 4.64. The van der Waals surface area contributed by atoms with Crippen LogP contribution in [0.25, 0.3) is 0 Å². The summed E-state index contributed by atoms with van der Waals surface area (Å²) in [5, 5.41) is 3.17. The van der Waals surface area contributed by atoms with E-state index in [1.807, 2.05) is 31.9 Å². The second-order valence-corrected chi connectivity index (χ2v) is 5.37. The fraction of sp³-hybridized carbons (Fsp3) is 0.667. The van der Waals surface area contributed by atoms with Crippen LogP contribution < -0.4 is 5.32 Å². The van der Waals surface area contributed by atoms with Gasteiger partial charge in [0.25, 0.3) is 5.91 Å². The van der Waals surface area contributed by atoms with Gasteiger partial charge in [-0.25, -0.2) is 0 Å². The Bertz CT molecular complexity index is 439. The molecule has 1 N–H and O–H groups in total. The summed E-state index contributed by atoms with van der Waals surface area (Å²) < 4.78 is 5.48. The summed E-state index contributed by atoms with van der Waals surface area (Å²) >= 11 is 0. The Morgan fingerprint density at radius 3 is 2.89 bits per heavy atom. The molecule has 106 valence electrons. The summed E-state index contributed by atoms with van der Waals surface area (Å²) in [6.45, 7) is 5.58. The molecule has 0 radical (unpaired) electrons. The third-order valence-corrected chi connectivity index (χ3v) is 3.89. The molecule has 2 rings (SSSR count). The van der Waals surface area contributed by atoms with Crippen LogP contribution in [0.1, 0.15) is 47.6 Å². The van der Waals surface area contributed by atoms with E-state index in [0.29, 0.717) is 6.04 Å². The first-order chi connectivity index (χ1) is 9.13. The van der Waals surface area contributed by atoms with Crippen LogP contribution in [0.5, 0.6) is 0 Å². The zero-order valence-corrected chi connectivity index (χ0v) is 12.2. The predicted molar refractivity (Wildman–Crippen MR) is 75.4 cm³/mol. The zero-order chi connectivity index (χ0) is 13.8. The van der Waals surface area contributed by atoms with Gasteiger partial charge in [-0.05, 0) is 59.2 Å². The fourth-order valence-corrected chi connectivity index (χ4v) is 2.88. The van der Waals surface area contributed by atoms with Crippen LogP contribution in [-0.4, -0.2) is 37.0 Å². The lowest BCUT2D eigenvalue weighted by Crippen LogP contribution is -2.44. The lowest BCUT2D eigenvalue weighted by molar-refractivity contribution is 0.0601. The minimum atomic E-state index is 0.134. The highest BCUT2D eigenvalue weighted by Gasteiger charge is 2.28. The fourth-order valence-electron chi connectivity index (χ4n) is 2.88. The molecule has 0 bridgehead atoms. The molecule has 4 nitrogen and oxygen atoms in total. The molecular formula is C15H24N2O2. The average Bonchev–Trinajstić information content (AvgIpc) is 2.75. The van der Waals surface area contributed by atoms with E-state index < -0.39 is 0 Å². The van der Waals surface area contributed by atoms with E-state index >= 15 is 0 Å². The highest BCUT2D eigenvalue weighted by Crippen LogP contribution is 2.24. The number of furan rings is 1. The summed E-state index contributed by atoms with van der Waals surface area (Å²) in [7, 11) is 1.96. The van der Waals surface area contributed by atoms with Crippen LogP contribution in [0.4, 0.5) is 0 Å². The number of likely N-dealkylation sites (tertiary alicyclic amines) is 1. The Balaban J connectivity index is 2.13. The summed E-state index contributed by atoms with van der Waals surface area (Å²) in [6, 6.07) is 2.23. The minimum Gasteiger partial charge on any atom is -0.466 e. The van der Waals surface area contributed by atoms with Gasteiger partial charge in [-0.2, -0.15) is 0 Å². The Morgan fingerprint density at radius 2 is 2.26 bits per heavy atom. The van der Waals surface area contributed by atoms with E-state index in [1.165, 1.54) is 6.42 Å². The zero-order valence-electron chi connectivity index (χ0n) is 12.2. The highest BCUT2D eigenvalue weighted by molar-refractivity contribution is 5.95. The largest absolute Gasteiger partial charge is 0.466 e. The molecule has 0 aromatic carbocycles. The number of carbonyl (C=O) groups excluding carboxylic acids is 1. The van der Waals surface area contributed by atoms with Crippen molar-refractivity contribution >= 4 is 5.91 Å². The first kappa shape index (κ1) is 14.1. The van der Waals surface area contributed by atoms with Crippen LogP contribution in [0.3, 0.4) is 0 Å². The van der Waals surface area contributed by atoms with Gasteiger partial charge < -0.3 is 14.6 Å². The van der Waals surface area contributed by atoms with Gasteiger partial charge in [0, 0.05) is 12.6 Å². The van der Waals surface area contributed by atoms with Gasteiger partial charge in [-0.3, -0.25) is 4.79 Å². The molecule has 1 atom stereocenters. The number of nitrogens with zero attached hydrogens (tertiary/aromatic N) is 1. The van der Waals surface area contributed by atoms with E-state index in [-0.39, 0.29) is 5.91 Å². The predicted octanol–water partition coefficient (Wildman–Crippen LogP) is 2.50. The number of aryl methyl sites for hydroxylation is 2. The number of rotatable bonds is 4. The second kappa shape index (κ2) is 6.24. The van der Waals surface area contributed by atoms with Gasteiger partial charge in [-0.15, -0.1) is 0 Å². The highest BCUT2D eigenvalue weighted by atomic mass is 16.3. The third kappa shape index (κ3) is 3.18. The molecule has 1 aromatic heterocycles. The van der Waals surface area contributed by atoms with Crippen molar-refractivity contribution in [2.45, 2.75) is 45.6 Å². The summed E-state index contributed by atoms with van der Waals surface area (Å²) in [6.07, 6.45) is 4.47. The van der Waals surface area contributed by atoms with Crippen molar-refractivity contribution in [3.63, 3.8) is 0 Å². The number of piperidine rings is 1. The van der Waals surface area contributed by atoms with Crippen molar-refractivity contribution in [2.75, 3.05) is 20.1 Å². The van der Waals surface area contributed by atoms with Crippen LogP contribution in [0.2, 0.25) is 0 Å². The maximum Gasteiger partial charge on any atom is 0.257 e. The van der Waals surface area contributed by atoms with Gasteiger partial charge in [0.05, 0.1) is 5.56 Å². The standard InChI is InChI=1S/C15H24N2O2/c1-11-10-14(12(2)19-11)15(18)17-9-5-4-6-13(17)7-8-16-3/h10,13,16H,4-9H2,1-3H3.